The van der Waals surface area contributed by atoms with Crippen molar-refractivity contribution in [3.8, 4) is 0 Å². The van der Waals surface area contributed by atoms with Crippen molar-refractivity contribution in [1.82, 2.24) is 14.9 Å². The summed E-state index contributed by atoms with van der Waals surface area (Å²) in [6.07, 6.45) is 1.04. The highest BCUT2D eigenvalue weighted by Crippen LogP contribution is 2.18. The maximum absolute atomic E-state index is 12.5. The highest BCUT2D eigenvalue weighted by molar-refractivity contribution is 7.89. The van der Waals surface area contributed by atoms with Crippen LogP contribution >= 0.6 is 0 Å². The molecule has 0 aromatic heterocycles. The molecule has 3 aromatic rings. The van der Waals surface area contributed by atoms with Crippen LogP contribution in [0.25, 0.3) is 0 Å². The van der Waals surface area contributed by atoms with E-state index in [9.17, 15) is 13.2 Å². The van der Waals surface area contributed by atoms with Crippen molar-refractivity contribution in [2.45, 2.75) is 31.3 Å². The van der Waals surface area contributed by atoms with Gasteiger partial charge in [0.2, 0.25) is 10.0 Å². The quantitative estimate of drug-likeness (QED) is 0.538. The lowest BCUT2D eigenvalue weighted by atomic mass is 10.00. The number of fused-ring (bicyclic) bond motifs is 1. The fraction of sp³-hybridized carbons (Fsp3) is 0.269. The smallest absolute Gasteiger partial charge is 0.251 e. The predicted molar refractivity (Wildman–Crippen MR) is 129 cm³/mol. The molecule has 6 nitrogen and oxygen atoms in total. The Morgan fingerprint density at radius 2 is 1.64 bits per heavy atom. The highest BCUT2D eigenvalue weighted by Gasteiger charge is 2.16. The van der Waals surface area contributed by atoms with Crippen molar-refractivity contribution in [2.24, 2.45) is 0 Å². The number of sulfonamides is 1. The molecule has 0 saturated heterocycles. The van der Waals surface area contributed by atoms with Gasteiger partial charge in [-0.05, 0) is 54.3 Å². The van der Waals surface area contributed by atoms with Crippen LogP contribution < -0.4 is 10.0 Å². The van der Waals surface area contributed by atoms with Crippen molar-refractivity contribution >= 4 is 15.9 Å². The van der Waals surface area contributed by atoms with Gasteiger partial charge in [0.15, 0.2) is 0 Å². The molecule has 0 fully saturated rings. The van der Waals surface area contributed by atoms with Crippen LogP contribution in [0, 0.1) is 6.92 Å². The molecule has 0 bridgehead atoms. The third-order valence-electron chi connectivity index (χ3n) is 5.94. The molecule has 1 aliphatic heterocycles. The molecule has 0 atom stereocenters. The molecule has 0 radical (unpaired) electrons. The minimum absolute atomic E-state index is 0.126. The number of carbonyl (C=O) groups is 1. The SMILES string of the molecule is Cc1ccc(S(=O)(=O)NCc2ccc(C(=O)NCCN3CCc4ccccc4C3)cc2)cc1. The lowest BCUT2D eigenvalue weighted by molar-refractivity contribution is 0.0947. The Morgan fingerprint density at radius 3 is 2.36 bits per heavy atom. The zero-order chi connectivity index (χ0) is 23.3. The number of rotatable bonds is 8. The zero-order valence-corrected chi connectivity index (χ0v) is 19.6. The Bertz CT molecular complexity index is 1210. The molecule has 7 heteroatoms. The van der Waals surface area contributed by atoms with Gasteiger partial charge < -0.3 is 5.32 Å². The summed E-state index contributed by atoms with van der Waals surface area (Å²) in [6.45, 7) is 5.38. The van der Waals surface area contributed by atoms with Crippen molar-refractivity contribution in [1.29, 1.82) is 0 Å². The first kappa shape index (κ1) is 23.2. The number of nitrogens with one attached hydrogen (secondary N) is 2. The molecular weight excluding hydrogens is 434 g/mol. The molecule has 1 amide bonds. The van der Waals surface area contributed by atoms with Gasteiger partial charge in [-0.1, -0.05) is 54.1 Å². The predicted octanol–water partition coefficient (Wildman–Crippen LogP) is 3.26. The van der Waals surface area contributed by atoms with Gasteiger partial charge >= 0.3 is 0 Å². The molecule has 1 heterocycles. The largest absolute Gasteiger partial charge is 0.351 e. The number of hydrogen-bond donors (Lipinski definition) is 2. The van der Waals surface area contributed by atoms with Gasteiger partial charge in [0.25, 0.3) is 5.91 Å². The summed E-state index contributed by atoms with van der Waals surface area (Å²) in [5, 5.41) is 2.98. The number of nitrogens with zero attached hydrogens (tertiary/aromatic N) is 1. The first-order valence-corrected chi connectivity index (χ1v) is 12.6. The fourth-order valence-electron chi connectivity index (χ4n) is 3.93. The first-order valence-electron chi connectivity index (χ1n) is 11.1. The topological polar surface area (TPSA) is 78.5 Å². The van der Waals surface area contributed by atoms with Crippen molar-refractivity contribution in [3.05, 3.63) is 101 Å². The van der Waals surface area contributed by atoms with Crippen LogP contribution in [0.15, 0.2) is 77.7 Å². The van der Waals surface area contributed by atoms with Crippen LogP contribution in [0.3, 0.4) is 0 Å². The van der Waals surface area contributed by atoms with Gasteiger partial charge in [-0.15, -0.1) is 0 Å². The minimum Gasteiger partial charge on any atom is -0.351 e. The average Bonchev–Trinajstić information content (AvgIpc) is 2.83. The first-order chi connectivity index (χ1) is 15.9. The molecular formula is C26H29N3O3S. The van der Waals surface area contributed by atoms with Gasteiger partial charge in [-0.2, -0.15) is 0 Å². The number of carbonyl (C=O) groups excluding carboxylic acids is 1. The summed E-state index contributed by atoms with van der Waals surface area (Å²) < 4.78 is 27.5. The van der Waals surface area contributed by atoms with Crippen LogP contribution in [0.2, 0.25) is 0 Å². The van der Waals surface area contributed by atoms with Gasteiger partial charge in [0, 0.05) is 38.3 Å². The van der Waals surface area contributed by atoms with Crippen LogP contribution in [-0.4, -0.2) is 38.9 Å². The number of aryl methyl sites for hydroxylation is 1. The normalized spacial score (nSPS) is 14.0. The van der Waals surface area contributed by atoms with Crippen LogP contribution in [-0.2, 0) is 29.5 Å². The van der Waals surface area contributed by atoms with Gasteiger partial charge in [-0.25, -0.2) is 13.1 Å². The molecule has 0 spiro atoms. The van der Waals surface area contributed by atoms with E-state index in [1.807, 2.05) is 6.92 Å². The Labute approximate surface area is 195 Å². The molecule has 172 valence electrons. The molecule has 0 aliphatic carbocycles. The van der Waals surface area contributed by atoms with E-state index in [0.29, 0.717) is 12.1 Å². The summed E-state index contributed by atoms with van der Waals surface area (Å²) in [5.41, 5.74) is 5.13. The summed E-state index contributed by atoms with van der Waals surface area (Å²) in [6, 6.07) is 22.2. The summed E-state index contributed by atoms with van der Waals surface area (Å²) in [7, 11) is -3.58. The molecule has 0 saturated carbocycles. The molecule has 3 aromatic carbocycles. The van der Waals surface area contributed by atoms with Gasteiger partial charge in [0.1, 0.15) is 0 Å². The molecule has 33 heavy (non-hydrogen) atoms. The van der Waals surface area contributed by atoms with Crippen molar-refractivity contribution in [3.63, 3.8) is 0 Å². The van der Waals surface area contributed by atoms with E-state index < -0.39 is 10.0 Å². The van der Waals surface area contributed by atoms with Crippen LogP contribution in [0.4, 0.5) is 0 Å². The van der Waals surface area contributed by atoms with Crippen LogP contribution in [0.5, 0.6) is 0 Å². The average molecular weight is 464 g/mol. The second-order valence-corrected chi connectivity index (χ2v) is 10.2. The number of amides is 1. The second-order valence-electron chi connectivity index (χ2n) is 8.39. The third-order valence-corrected chi connectivity index (χ3v) is 7.35. The molecule has 0 unspecified atom stereocenters. The number of hydrogen-bond acceptors (Lipinski definition) is 4. The Balaban J connectivity index is 1.24. The standard InChI is InChI=1S/C26H29N3O3S/c1-20-6-12-25(13-7-20)33(31,32)28-18-21-8-10-23(11-9-21)26(30)27-15-17-29-16-14-22-4-2-3-5-24(22)19-29/h2-13,28H,14-19H2,1H3,(H,27,30). The summed E-state index contributed by atoms with van der Waals surface area (Å²) in [5.74, 6) is -0.126. The molecule has 2 N–H and O–H groups in total. The number of benzene rings is 3. The Kier molecular flexibility index (Phi) is 7.23. The van der Waals surface area contributed by atoms with Gasteiger partial charge in [0.05, 0.1) is 4.90 Å². The van der Waals surface area contributed by atoms with E-state index >= 15 is 0 Å². The second kappa shape index (κ2) is 10.3. The maximum atomic E-state index is 12.5. The summed E-state index contributed by atoms with van der Waals surface area (Å²) in [4.78, 5) is 15.1. The van der Waals surface area contributed by atoms with Crippen LogP contribution in [0.1, 0.15) is 32.6 Å². The molecule has 4 rings (SSSR count). The minimum atomic E-state index is -3.58. The van der Waals surface area contributed by atoms with Crippen molar-refractivity contribution in [2.75, 3.05) is 19.6 Å². The van der Waals surface area contributed by atoms with E-state index in [-0.39, 0.29) is 17.3 Å². The lowest BCUT2D eigenvalue weighted by Crippen LogP contribution is -2.37. The Morgan fingerprint density at radius 1 is 0.939 bits per heavy atom. The lowest BCUT2D eigenvalue weighted by Gasteiger charge is -2.28. The zero-order valence-electron chi connectivity index (χ0n) is 18.8. The maximum Gasteiger partial charge on any atom is 0.251 e. The van der Waals surface area contributed by atoms with Gasteiger partial charge in [-0.3, -0.25) is 9.69 Å². The van der Waals surface area contributed by atoms with Crippen molar-refractivity contribution < 1.29 is 13.2 Å². The monoisotopic (exact) mass is 463 g/mol. The van der Waals surface area contributed by atoms with E-state index in [4.69, 9.17) is 0 Å². The highest BCUT2D eigenvalue weighted by atomic mass is 32.2. The van der Waals surface area contributed by atoms with E-state index in [0.717, 1.165) is 37.2 Å². The van der Waals surface area contributed by atoms with E-state index in [2.05, 4.69) is 39.2 Å². The third kappa shape index (κ3) is 6.07. The van der Waals surface area contributed by atoms with E-state index in [1.165, 1.54) is 11.1 Å². The summed E-state index contributed by atoms with van der Waals surface area (Å²) >= 11 is 0. The fourth-order valence-corrected chi connectivity index (χ4v) is 4.95. The Hall–Kier alpha value is -3.00. The molecule has 1 aliphatic rings. The van der Waals surface area contributed by atoms with E-state index in [1.54, 1.807) is 48.5 Å².